The molecule has 2 fully saturated rings. The van der Waals surface area contributed by atoms with E-state index in [1.165, 1.54) is 34.9 Å². The van der Waals surface area contributed by atoms with Gasteiger partial charge in [-0.2, -0.15) is 0 Å². The lowest BCUT2D eigenvalue weighted by Crippen LogP contribution is -2.46. The Bertz CT molecular complexity index is 189. The standard InChI is InChI=1S/C10H17IO3S/c11-15-14-6-5-13-9-1-3-10(4-2-9)7-12-8-10/h9H,1-8H2. The molecule has 2 aliphatic rings. The molecule has 0 bridgehead atoms. The van der Waals surface area contributed by atoms with Crippen molar-refractivity contribution in [3.05, 3.63) is 0 Å². The van der Waals surface area contributed by atoms with Crippen LogP contribution in [0.5, 0.6) is 0 Å². The lowest BCUT2D eigenvalue weighted by molar-refractivity contribution is -0.148. The van der Waals surface area contributed by atoms with Crippen molar-refractivity contribution in [2.75, 3.05) is 26.4 Å². The van der Waals surface area contributed by atoms with E-state index in [4.69, 9.17) is 13.7 Å². The quantitative estimate of drug-likeness (QED) is 0.435. The fourth-order valence-corrected chi connectivity index (χ4v) is 3.00. The van der Waals surface area contributed by atoms with Crippen molar-refractivity contribution in [3.8, 4) is 0 Å². The minimum Gasteiger partial charge on any atom is -0.380 e. The molecule has 1 spiro atoms. The third kappa shape index (κ3) is 3.46. The van der Waals surface area contributed by atoms with Crippen LogP contribution in [-0.2, 0) is 13.7 Å². The van der Waals surface area contributed by atoms with Crippen molar-refractivity contribution >= 4 is 30.4 Å². The Balaban J connectivity index is 1.57. The van der Waals surface area contributed by atoms with Crippen molar-refractivity contribution in [3.63, 3.8) is 0 Å². The van der Waals surface area contributed by atoms with Crippen LogP contribution in [-0.4, -0.2) is 32.5 Å². The molecule has 0 unspecified atom stereocenters. The zero-order chi connectivity index (χ0) is 10.6. The normalized spacial score (nSPS) is 25.4. The van der Waals surface area contributed by atoms with Gasteiger partial charge in [0.2, 0.25) is 0 Å². The molecule has 0 aromatic heterocycles. The molecule has 0 aromatic carbocycles. The predicted molar refractivity (Wildman–Crippen MR) is 69.0 cm³/mol. The smallest absolute Gasteiger partial charge is 0.0857 e. The summed E-state index contributed by atoms with van der Waals surface area (Å²) < 4.78 is 16.2. The highest BCUT2D eigenvalue weighted by Crippen LogP contribution is 2.42. The highest BCUT2D eigenvalue weighted by atomic mass is 127. The SMILES string of the molecule is ISOCCOC1CCC2(CC1)COC2. The minimum absolute atomic E-state index is 0.457. The summed E-state index contributed by atoms with van der Waals surface area (Å²) in [4.78, 5) is 0. The summed E-state index contributed by atoms with van der Waals surface area (Å²) in [7, 11) is 1.37. The first-order valence-electron chi connectivity index (χ1n) is 5.44. The molecule has 1 aliphatic carbocycles. The fourth-order valence-electron chi connectivity index (χ4n) is 2.33. The number of hydrogen-bond donors (Lipinski definition) is 0. The Morgan fingerprint density at radius 2 is 2.00 bits per heavy atom. The number of rotatable bonds is 5. The molecule has 1 aliphatic heterocycles. The van der Waals surface area contributed by atoms with E-state index in [1.807, 2.05) is 0 Å². The molecule has 0 aromatic rings. The predicted octanol–water partition coefficient (Wildman–Crippen LogP) is 2.98. The van der Waals surface area contributed by atoms with Crippen LogP contribution >= 0.6 is 30.4 Å². The van der Waals surface area contributed by atoms with Gasteiger partial charge in [-0.15, -0.1) is 0 Å². The topological polar surface area (TPSA) is 27.7 Å². The van der Waals surface area contributed by atoms with Gasteiger partial charge in [-0.1, -0.05) is 0 Å². The Kier molecular flexibility index (Phi) is 5.00. The number of halogens is 1. The molecule has 1 heterocycles. The van der Waals surface area contributed by atoms with Crippen molar-refractivity contribution < 1.29 is 13.7 Å². The van der Waals surface area contributed by atoms with Crippen molar-refractivity contribution in [2.45, 2.75) is 31.8 Å². The molecular weight excluding hydrogens is 327 g/mol. The molecule has 5 heteroatoms. The molecule has 0 amide bonds. The Morgan fingerprint density at radius 3 is 2.53 bits per heavy atom. The van der Waals surface area contributed by atoms with Gasteiger partial charge in [0.1, 0.15) is 0 Å². The highest BCUT2D eigenvalue weighted by Gasteiger charge is 2.41. The second kappa shape index (κ2) is 6.05. The van der Waals surface area contributed by atoms with Crippen molar-refractivity contribution in [1.29, 1.82) is 0 Å². The summed E-state index contributed by atoms with van der Waals surface area (Å²) in [6, 6.07) is 0. The summed E-state index contributed by atoms with van der Waals surface area (Å²) >= 11 is 2.12. The highest BCUT2D eigenvalue weighted by molar-refractivity contribution is 14.2. The second-order valence-corrected chi connectivity index (χ2v) is 5.89. The van der Waals surface area contributed by atoms with Crippen LogP contribution in [0.1, 0.15) is 25.7 Å². The van der Waals surface area contributed by atoms with Crippen molar-refractivity contribution in [1.82, 2.24) is 0 Å². The van der Waals surface area contributed by atoms with Crippen LogP contribution in [0.3, 0.4) is 0 Å². The average Bonchev–Trinajstić information content (AvgIpc) is 2.23. The maximum absolute atomic E-state index is 5.76. The van der Waals surface area contributed by atoms with E-state index in [0.717, 1.165) is 19.8 Å². The fraction of sp³-hybridized carbons (Fsp3) is 1.00. The second-order valence-electron chi connectivity index (χ2n) is 4.45. The van der Waals surface area contributed by atoms with Crippen molar-refractivity contribution in [2.24, 2.45) is 5.41 Å². The van der Waals surface area contributed by atoms with Crippen LogP contribution in [0, 0.1) is 5.41 Å². The molecule has 0 N–H and O–H groups in total. The molecule has 1 saturated heterocycles. The van der Waals surface area contributed by atoms with Gasteiger partial charge < -0.3 is 13.7 Å². The van der Waals surface area contributed by atoms with Gasteiger partial charge in [0.25, 0.3) is 0 Å². The molecule has 0 radical (unpaired) electrons. The molecule has 2 rings (SSSR count). The van der Waals surface area contributed by atoms with Gasteiger partial charge in [0.05, 0.1) is 41.7 Å². The van der Waals surface area contributed by atoms with Crippen LogP contribution in [0.15, 0.2) is 0 Å². The van der Waals surface area contributed by atoms with E-state index in [-0.39, 0.29) is 0 Å². The molecule has 0 atom stereocenters. The van der Waals surface area contributed by atoms with E-state index in [0.29, 0.717) is 18.1 Å². The first-order valence-corrected chi connectivity index (χ1v) is 8.73. The van der Waals surface area contributed by atoms with Gasteiger partial charge in [0.15, 0.2) is 0 Å². The summed E-state index contributed by atoms with van der Waals surface area (Å²) in [5.41, 5.74) is 0.536. The Morgan fingerprint density at radius 1 is 1.27 bits per heavy atom. The monoisotopic (exact) mass is 344 g/mol. The maximum atomic E-state index is 5.76. The molecule has 3 nitrogen and oxygen atoms in total. The Labute approximate surface area is 107 Å². The van der Waals surface area contributed by atoms with Gasteiger partial charge in [-0.25, -0.2) is 0 Å². The summed E-state index contributed by atoms with van der Waals surface area (Å²) in [6.07, 6.45) is 5.40. The average molecular weight is 344 g/mol. The third-order valence-corrected chi connectivity index (χ3v) is 4.39. The summed E-state index contributed by atoms with van der Waals surface area (Å²) in [6.45, 7) is 3.38. The third-order valence-electron chi connectivity index (χ3n) is 3.37. The maximum Gasteiger partial charge on any atom is 0.0857 e. The zero-order valence-electron chi connectivity index (χ0n) is 8.75. The molecule has 88 valence electrons. The van der Waals surface area contributed by atoms with Crippen LogP contribution < -0.4 is 0 Å². The first-order chi connectivity index (χ1) is 7.35. The molecule has 1 saturated carbocycles. The minimum atomic E-state index is 0.457. The van der Waals surface area contributed by atoms with Gasteiger partial charge >= 0.3 is 0 Å². The van der Waals surface area contributed by atoms with Crippen LogP contribution in [0.2, 0.25) is 0 Å². The van der Waals surface area contributed by atoms with E-state index in [2.05, 4.69) is 21.2 Å². The van der Waals surface area contributed by atoms with E-state index in [1.54, 1.807) is 0 Å². The van der Waals surface area contributed by atoms with E-state index < -0.39 is 0 Å². The number of hydrogen-bond acceptors (Lipinski definition) is 4. The lowest BCUT2D eigenvalue weighted by Gasteiger charge is -2.46. The number of ether oxygens (including phenoxy) is 2. The Hall–Kier alpha value is 0.960. The van der Waals surface area contributed by atoms with Crippen LogP contribution in [0.4, 0.5) is 0 Å². The largest absolute Gasteiger partial charge is 0.380 e. The van der Waals surface area contributed by atoms with E-state index in [9.17, 15) is 0 Å². The molecule has 15 heavy (non-hydrogen) atoms. The van der Waals surface area contributed by atoms with E-state index >= 15 is 0 Å². The van der Waals surface area contributed by atoms with Crippen LogP contribution in [0.25, 0.3) is 0 Å². The molecular formula is C10H17IO3S. The summed E-state index contributed by atoms with van der Waals surface area (Å²) in [5.74, 6) is 0. The lowest BCUT2D eigenvalue weighted by atomic mass is 9.72. The summed E-state index contributed by atoms with van der Waals surface area (Å²) in [5, 5.41) is 0. The zero-order valence-corrected chi connectivity index (χ0v) is 11.7. The van der Waals surface area contributed by atoms with Gasteiger partial charge in [-0.3, -0.25) is 0 Å². The first kappa shape index (κ1) is 12.4. The van der Waals surface area contributed by atoms with Gasteiger partial charge in [-0.05, 0) is 25.7 Å². The van der Waals surface area contributed by atoms with Gasteiger partial charge in [0, 0.05) is 26.6 Å².